The van der Waals surface area contributed by atoms with E-state index in [0.717, 1.165) is 50.0 Å². The van der Waals surface area contributed by atoms with E-state index in [4.69, 9.17) is 0 Å². The summed E-state index contributed by atoms with van der Waals surface area (Å²) in [6.07, 6.45) is 0.554. The van der Waals surface area contributed by atoms with Gasteiger partial charge in [-0.05, 0) is 34.2 Å². The molecule has 130 valence electrons. The highest BCUT2D eigenvalue weighted by atomic mass is 32.1. The van der Waals surface area contributed by atoms with Crippen molar-refractivity contribution in [2.45, 2.75) is 46.6 Å². The molecule has 1 aromatic heterocycles. The van der Waals surface area contributed by atoms with E-state index in [2.05, 4.69) is 33.9 Å². The number of aryl methyl sites for hydroxylation is 2. The first-order valence-electron chi connectivity index (χ1n) is 8.52. The van der Waals surface area contributed by atoms with E-state index in [-0.39, 0.29) is 5.91 Å². The average molecular weight is 339 g/mol. The quantitative estimate of drug-likeness (QED) is 0.863. The third-order valence-corrected chi connectivity index (χ3v) is 5.98. The van der Waals surface area contributed by atoms with E-state index in [1.54, 1.807) is 11.3 Å². The number of carbonyl (C=O) groups is 1. The van der Waals surface area contributed by atoms with Crippen LogP contribution in [0, 0.1) is 13.8 Å². The maximum atomic E-state index is 12.3. The fourth-order valence-corrected chi connectivity index (χ4v) is 3.77. The number of aromatic nitrogens is 1. The zero-order chi connectivity index (χ0) is 17.0. The molecule has 0 atom stereocenters. The summed E-state index contributed by atoms with van der Waals surface area (Å²) in [6, 6.07) is 0. The van der Waals surface area contributed by atoms with Gasteiger partial charge in [-0.25, -0.2) is 4.98 Å². The number of hydrogen-bond donors (Lipinski definition) is 1. The second-order valence-corrected chi connectivity index (χ2v) is 8.06. The molecule has 0 bridgehead atoms. The van der Waals surface area contributed by atoms with Crippen LogP contribution in [0.2, 0.25) is 0 Å². The molecule has 0 radical (unpaired) electrons. The van der Waals surface area contributed by atoms with Crippen molar-refractivity contribution >= 4 is 17.2 Å². The van der Waals surface area contributed by atoms with Gasteiger partial charge in [-0.3, -0.25) is 4.79 Å². The molecule has 0 aromatic carbocycles. The van der Waals surface area contributed by atoms with Crippen molar-refractivity contribution in [3.05, 3.63) is 15.6 Å². The summed E-state index contributed by atoms with van der Waals surface area (Å²) < 4.78 is 0. The molecule has 0 unspecified atom stereocenters. The Morgan fingerprint density at radius 3 is 2.35 bits per heavy atom. The molecule has 0 aliphatic carbocycles. The Kier molecular flexibility index (Phi) is 6.17. The molecule has 1 aromatic rings. The van der Waals surface area contributed by atoms with Gasteiger partial charge < -0.3 is 15.1 Å². The number of nitrogens with one attached hydrogen (secondary N) is 1. The Hall–Kier alpha value is -0.980. The number of amides is 1. The third-order valence-electron chi connectivity index (χ3n) is 4.58. The van der Waals surface area contributed by atoms with Gasteiger partial charge in [0.15, 0.2) is 0 Å². The van der Waals surface area contributed by atoms with Crippen molar-refractivity contribution in [3.8, 4) is 0 Å². The number of thiazole rings is 1. The van der Waals surface area contributed by atoms with Crippen molar-refractivity contribution in [1.29, 1.82) is 0 Å². The summed E-state index contributed by atoms with van der Waals surface area (Å²) in [7, 11) is 0. The first-order valence-corrected chi connectivity index (χ1v) is 9.33. The molecule has 6 heteroatoms. The highest BCUT2D eigenvalue weighted by Gasteiger charge is 2.27. The van der Waals surface area contributed by atoms with Gasteiger partial charge in [0.05, 0.1) is 11.2 Å². The monoisotopic (exact) mass is 338 g/mol. The second-order valence-electron chi connectivity index (χ2n) is 6.86. The predicted molar refractivity (Wildman–Crippen MR) is 95.9 cm³/mol. The fourth-order valence-electron chi connectivity index (χ4n) is 2.79. The maximum Gasteiger partial charge on any atom is 0.222 e. The molecule has 0 saturated carbocycles. The topological polar surface area (TPSA) is 48.5 Å². The number of hydrogen-bond acceptors (Lipinski definition) is 5. The summed E-state index contributed by atoms with van der Waals surface area (Å²) in [6.45, 7) is 16.7. The first-order chi connectivity index (χ1) is 10.8. The van der Waals surface area contributed by atoms with Crippen LogP contribution in [0.25, 0.3) is 0 Å². The van der Waals surface area contributed by atoms with Crippen LogP contribution in [0.15, 0.2) is 0 Å². The number of carbonyl (C=O) groups excluding carboxylic acids is 1. The Morgan fingerprint density at radius 2 is 1.83 bits per heavy atom. The molecule has 23 heavy (non-hydrogen) atoms. The minimum Gasteiger partial charge on any atom is -0.345 e. The smallest absolute Gasteiger partial charge is 0.222 e. The molecule has 0 spiro atoms. The molecule has 1 fully saturated rings. The van der Waals surface area contributed by atoms with Crippen molar-refractivity contribution in [2.75, 3.05) is 39.3 Å². The summed E-state index contributed by atoms with van der Waals surface area (Å²) in [4.78, 5) is 23.0. The van der Waals surface area contributed by atoms with Crippen LogP contribution in [-0.4, -0.2) is 60.0 Å². The molecule has 1 amide bonds. The van der Waals surface area contributed by atoms with Crippen LogP contribution in [0.4, 0.5) is 0 Å². The fraction of sp³-hybridized carbons (Fsp3) is 0.765. The van der Waals surface area contributed by atoms with Gasteiger partial charge in [-0.1, -0.05) is 6.92 Å². The predicted octanol–water partition coefficient (Wildman–Crippen LogP) is 2.14. The van der Waals surface area contributed by atoms with Gasteiger partial charge in [0.2, 0.25) is 5.91 Å². The number of rotatable bonds is 6. The van der Waals surface area contributed by atoms with E-state index >= 15 is 0 Å². The molecular weight excluding hydrogens is 308 g/mol. The summed E-state index contributed by atoms with van der Waals surface area (Å²) >= 11 is 1.67. The normalized spacial score (nSPS) is 17.4. The van der Waals surface area contributed by atoms with Crippen LogP contribution in [0.3, 0.4) is 0 Å². The zero-order valence-electron chi connectivity index (χ0n) is 15.1. The molecule has 2 rings (SSSR count). The minimum absolute atomic E-state index is 0.110. The molecule has 2 heterocycles. The molecule has 1 saturated heterocycles. The lowest BCUT2D eigenvalue weighted by molar-refractivity contribution is -0.123. The molecule has 1 N–H and O–H groups in total. The Bertz CT molecular complexity index is 513. The van der Waals surface area contributed by atoms with Crippen LogP contribution < -0.4 is 5.32 Å². The summed E-state index contributed by atoms with van der Waals surface area (Å²) in [5.74, 6) is 0.110. The average Bonchev–Trinajstić information content (AvgIpc) is 2.86. The minimum atomic E-state index is -0.401. The van der Waals surface area contributed by atoms with E-state index in [1.807, 2.05) is 20.8 Å². The van der Waals surface area contributed by atoms with Crippen molar-refractivity contribution < 1.29 is 4.79 Å². The molecule has 5 nitrogen and oxygen atoms in total. The second kappa shape index (κ2) is 7.73. The maximum absolute atomic E-state index is 12.3. The van der Waals surface area contributed by atoms with Crippen molar-refractivity contribution in [2.24, 2.45) is 0 Å². The standard InChI is InChI=1S/C17H30N4OS/c1-6-20-9-11-21(12-10-20)8-7-15(22)19-17(4,5)16-18-13(2)14(3)23-16/h6-12H2,1-5H3,(H,19,22). The number of nitrogens with zero attached hydrogens (tertiary/aromatic N) is 3. The van der Waals surface area contributed by atoms with Gasteiger partial charge in [-0.15, -0.1) is 11.3 Å². The Morgan fingerprint density at radius 1 is 1.22 bits per heavy atom. The lowest BCUT2D eigenvalue weighted by atomic mass is 10.1. The van der Waals surface area contributed by atoms with Gasteiger partial charge in [0.1, 0.15) is 5.01 Å². The molecular formula is C17H30N4OS. The van der Waals surface area contributed by atoms with Gasteiger partial charge >= 0.3 is 0 Å². The van der Waals surface area contributed by atoms with Crippen LogP contribution >= 0.6 is 11.3 Å². The lowest BCUT2D eigenvalue weighted by Crippen LogP contribution is -2.47. The first kappa shape index (κ1) is 18.4. The number of piperazine rings is 1. The van der Waals surface area contributed by atoms with Gasteiger partial charge in [0.25, 0.3) is 0 Å². The van der Waals surface area contributed by atoms with E-state index in [9.17, 15) is 4.79 Å². The van der Waals surface area contributed by atoms with E-state index < -0.39 is 5.54 Å². The zero-order valence-corrected chi connectivity index (χ0v) is 15.9. The molecule has 1 aliphatic heterocycles. The van der Waals surface area contributed by atoms with Crippen molar-refractivity contribution in [3.63, 3.8) is 0 Å². The van der Waals surface area contributed by atoms with Crippen LogP contribution in [0.5, 0.6) is 0 Å². The van der Waals surface area contributed by atoms with Gasteiger partial charge in [-0.2, -0.15) is 0 Å². The SMILES string of the molecule is CCN1CCN(CCC(=O)NC(C)(C)c2nc(C)c(C)s2)CC1. The Labute approximate surface area is 144 Å². The molecule has 1 aliphatic rings. The largest absolute Gasteiger partial charge is 0.345 e. The summed E-state index contributed by atoms with van der Waals surface area (Å²) in [5, 5.41) is 4.13. The van der Waals surface area contributed by atoms with E-state index in [0.29, 0.717) is 6.42 Å². The van der Waals surface area contributed by atoms with Crippen LogP contribution in [0.1, 0.15) is 42.8 Å². The highest BCUT2D eigenvalue weighted by Crippen LogP contribution is 2.27. The van der Waals surface area contributed by atoms with Gasteiger partial charge in [0, 0.05) is 44.0 Å². The van der Waals surface area contributed by atoms with E-state index in [1.165, 1.54) is 4.88 Å². The third kappa shape index (κ3) is 4.99. The highest BCUT2D eigenvalue weighted by molar-refractivity contribution is 7.11. The van der Waals surface area contributed by atoms with Crippen molar-refractivity contribution in [1.82, 2.24) is 20.1 Å². The number of likely N-dealkylation sites (N-methyl/N-ethyl adjacent to an activating group) is 1. The summed E-state index contributed by atoms with van der Waals surface area (Å²) in [5.41, 5.74) is 0.655. The van der Waals surface area contributed by atoms with Crippen LogP contribution in [-0.2, 0) is 10.3 Å². The Balaban J connectivity index is 1.80. The lowest BCUT2D eigenvalue weighted by Gasteiger charge is -2.34.